The third-order valence-electron chi connectivity index (χ3n) is 12.3. The SMILES string of the molecule is [2H]c1c([2H])c(N(c2ccc3c(c2)C(C)(C)c2ccccc2-3)c2c([2H])c([2H])c(-c3cccc4c3-c3ccccc3C4(c3ccccc3)c3ccccc3)c([2H])c2[2H])c([2H])c([2H])c1-c1ccccc1. The summed E-state index contributed by atoms with van der Waals surface area (Å²) in [6.45, 7) is 4.25. The molecule has 0 saturated heterocycles. The van der Waals surface area contributed by atoms with Crippen LogP contribution in [-0.4, -0.2) is 0 Å². The van der Waals surface area contributed by atoms with E-state index in [0.29, 0.717) is 16.8 Å². The molecular weight excluding hydrogens is 711 g/mol. The van der Waals surface area contributed by atoms with Gasteiger partial charge in [0.15, 0.2) is 0 Å². The van der Waals surface area contributed by atoms with Gasteiger partial charge in [-0.25, -0.2) is 0 Å². The summed E-state index contributed by atoms with van der Waals surface area (Å²) in [6.07, 6.45) is 0. The zero-order valence-corrected chi connectivity index (χ0v) is 32.7. The van der Waals surface area contributed by atoms with E-state index in [4.69, 9.17) is 0 Å². The normalized spacial score (nSPS) is 15.8. The molecule has 59 heavy (non-hydrogen) atoms. The third-order valence-corrected chi connectivity index (χ3v) is 12.3. The molecule has 11 rings (SSSR count). The Morgan fingerprint density at radius 2 is 0.847 bits per heavy atom. The molecule has 0 fully saturated rings. The van der Waals surface area contributed by atoms with Gasteiger partial charge in [0.25, 0.3) is 0 Å². The quantitative estimate of drug-likeness (QED) is 0.156. The van der Waals surface area contributed by atoms with Crippen molar-refractivity contribution in [2.75, 3.05) is 4.90 Å². The Balaban J connectivity index is 1.18. The van der Waals surface area contributed by atoms with Crippen molar-refractivity contribution in [3.8, 4) is 44.5 Å². The maximum Gasteiger partial charge on any atom is 0.0713 e. The fourth-order valence-electron chi connectivity index (χ4n) is 9.62. The van der Waals surface area contributed by atoms with Crippen molar-refractivity contribution in [2.24, 2.45) is 0 Å². The molecule has 0 heterocycles. The number of nitrogens with zero attached hydrogens (tertiary/aromatic N) is 1. The van der Waals surface area contributed by atoms with Crippen LogP contribution in [0.1, 0.15) is 58.2 Å². The first-order valence-corrected chi connectivity index (χ1v) is 20.0. The van der Waals surface area contributed by atoms with E-state index in [1.54, 1.807) is 24.3 Å². The zero-order valence-electron chi connectivity index (χ0n) is 40.7. The minimum absolute atomic E-state index is 0.117. The number of hydrogen-bond acceptors (Lipinski definition) is 1. The van der Waals surface area contributed by atoms with Gasteiger partial charge < -0.3 is 4.90 Å². The number of hydrogen-bond donors (Lipinski definition) is 0. The third kappa shape index (κ3) is 5.39. The largest absolute Gasteiger partial charge is 0.310 e. The van der Waals surface area contributed by atoms with Gasteiger partial charge >= 0.3 is 0 Å². The van der Waals surface area contributed by atoms with Crippen molar-refractivity contribution in [1.82, 2.24) is 0 Å². The lowest BCUT2D eigenvalue weighted by Gasteiger charge is -2.34. The molecule has 280 valence electrons. The molecule has 0 N–H and O–H groups in total. The average Bonchev–Trinajstić information content (AvgIpc) is 3.79. The van der Waals surface area contributed by atoms with Crippen molar-refractivity contribution in [3.05, 3.63) is 258 Å². The minimum atomic E-state index is -0.761. The lowest BCUT2D eigenvalue weighted by molar-refractivity contribution is 0.660. The Morgan fingerprint density at radius 3 is 1.49 bits per heavy atom. The predicted molar refractivity (Wildman–Crippen MR) is 247 cm³/mol. The van der Waals surface area contributed by atoms with Crippen molar-refractivity contribution >= 4 is 17.1 Å². The molecule has 0 amide bonds. The van der Waals surface area contributed by atoms with Gasteiger partial charge in [0, 0.05) is 22.5 Å². The van der Waals surface area contributed by atoms with Gasteiger partial charge in [-0.1, -0.05) is 202 Å². The first kappa shape index (κ1) is 27.4. The van der Waals surface area contributed by atoms with E-state index in [0.717, 1.165) is 55.6 Å². The van der Waals surface area contributed by atoms with Crippen LogP contribution in [-0.2, 0) is 10.8 Å². The van der Waals surface area contributed by atoms with Crippen LogP contribution in [0.5, 0.6) is 0 Å². The van der Waals surface area contributed by atoms with E-state index in [1.165, 1.54) is 4.90 Å². The topological polar surface area (TPSA) is 3.24 Å². The van der Waals surface area contributed by atoms with Crippen LogP contribution in [0.25, 0.3) is 44.5 Å². The molecule has 0 aromatic heterocycles. The van der Waals surface area contributed by atoms with E-state index in [9.17, 15) is 11.0 Å². The predicted octanol–water partition coefficient (Wildman–Crippen LogP) is 15.2. The summed E-state index contributed by atoms with van der Waals surface area (Å²) in [5, 5.41) is 0. The van der Waals surface area contributed by atoms with E-state index in [-0.39, 0.29) is 70.8 Å². The summed E-state index contributed by atoms with van der Waals surface area (Å²) in [6, 6.07) is 54.8. The van der Waals surface area contributed by atoms with Gasteiger partial charge in [-0.3, -0.25) is 0 Å². The fourth-order valence-corrected chi connectivity index (χ4v) is 9.62. The van der Waals surface area contributed by atoms with Gasteiger partial charge in [0.1, 0.15) is 0 Å². The minimum Gasteiger partial charge on any atom is -0.310 e. The molecule has 0 spiro atoms. The van der Waals surface area contributed by atoms with Gasteiger partial charge in [-0.15, -0.1) is 0 Å². The van der Waals surface area contributed by atoms with E-state index in [2.05, 4.69) is 68.4 Å². The summed E-state index contributed by atoms with van der Waals surface area (Å²) < 4.78 is 77.6. The summed E-state index contributed by atoms with van der Waals surface area (Å²) in [5.74, 6) is 0. The second-order valence-electron chi connectivity index (χ2n) is 15.8. The van der Waals surface area contributed by atoms with Gasteiger partial charge in [-0.2, -0.15) is 0 Å². The van der Waals surface area contributed by atoms with Crippen molar-refractivity contribution in [3.63, 3.8) is 0 Å². The molecule has 0 bridgehead atoms. The summed E-state index contributed by atoms with van der Waals surface area (Å²) in [5.41, 5.74) is 10.1. The molecule has 0 aliphatic heterocycles. The van der Waals surface area contributed by atoms with Crippen LogP contribution < -0.4 is 4.90 Å². The summed E-state index contributed by atoms with van der Waals surface area (Å²) in [4.78, 5) is 1.42. The number of rotatable bonds is 7. The molecule has 0 saturated carbocycles. The zero-order chi connectivity index (χ0) is 46.5. The van der Waals surface area contributed by atoms with Crippen LogP contribution in [0.2, 0.25) is 0 Å². The molecule has 0 radical (unpaired) electrons. The number of benzene rings is 9. The lowest BCUT2D eigenvalue weighted by atomic mass is 9.67. The fraction of sp³-hybridized carbons (Fsp3) is 0.0690. The van der Waals surface area contributed by atoms with Crippen molar-refractivity contribution < 1.29 is 11.0 Å². The molecule has 2 aliphatic carbocycles. The Kier molecular flexibility index (Phi) is 6.38. The maximum absolute atomic E-state index is 9.95. The standard InChI is InChI=1S/C58H43N/c1-57(2)52-26-14-12-23-49(52)50-38-37-47(39-55(50)57)59(45-33-29-41(30-34-45)40-17-6-3-7-18-40)46-35-31-42(32-36-46)48-25-16-28-54-56(48)51-24-13-15-27-53(51)58(54,43-19-8-4-9-20-43)44-21-10-5-11-22-44/h3-39H,1-2H3/i29D,30D,31D,32D,33D,34D,35D,36D. The monoisotopic (exact) mass is 761 g/mol. The van der Waals surface area contributed by atoms with Crippen LogP contribution >= 0.6 is 0 Å². The van der Waals surface area contributed by atoms with Crippen LogP contribution in [0, 0.1) is 0 Å². The Bertz CT molecular complexity index is 3380. The molecule has 0 unspecified atom stereocenters. The Morgan fingerprint density at radius 1 is 0.356 bits per heavy atom. The molecule has 2 aliphatic rings. The molecular formula is C58H43N. The maximum atomic E-state index is 9.95. The van der Waals surface area contributed by atoms with E-state index in [1.807, 2.05) is 97.1 Å². The molecule has 9 aromatic rings. The smallest absolute Gasteiger partial charge is 0.0713 e. The summed E-state index contributed by atoms with van der Waals surface area (Å²) in [7, 11) is 0. The lowest BCUT2D eigenvalue weighted by Crippen LogP contribution is -2.28. The second kappa shape index (κ2) is 13.7. The van der Waals surface area contributed by atoms with Crippen LogP contribution in [0.15, 0.2) is 224 Å². The Hall–Kier alpha value is -7.22. The van der Waals surface area contributed by atoms with Crippen LogP contribution in [0.3, 0.4) is 0 Å². The van der Waals surface area contributed by atoms with Crippen molar-refractivity contribution in [1.29, 1.82) is 0 Å². The van der Waals surface area contributed by atoms with E-state index >= 15 is 0 Å². The Labute approximate surface area is 358 Å². The molecule has 9 aromatic carbocycles. The van der Waals surface area contributed by atoms with Crippen molar-refractivity contribution in [2.45, 2.75) is 24.7 Å². The van der Waals surface area contributed by atoms with Gasteiger partial charge in [0.05, 0.1) is 16.4 Å². The number of fused-ring (bicyclic) bond motifs is 6. The van der Waals surface area contributed by atoms with Gasteiger partial charge in [-0.05, 0) is 114 Å². The highest BCUT2D eigenvalue weighted by atomic mass is 15.1. The highest BCUT2D eigenvalue weighted by molar-refractivity contribution is 5.96. The highest BCUT2D eigenvalue weighted by Crippen LogP contribution is 2.58. The summed E-state index contributed by atoms with van der Waals surface area (Å²) >= 11 is 0. The van der Waals surface area contributed by atoms with E-state index < -0.39 is 10.8 Å². The molecule has 1 heteroatoms. The molecule has 1 nitrogen and oxygen atoms in total. The first-order chi connectivity index (χ1) is 32.4. The van der Waals surface area contributed by atoms with Crippen LogP contribution in [0.4, 0.5) is 17.1 Å². The molecule has 0 atom stereocenters. The highest BCUT2D eigenvalue weighted by Gasteiger charge is 2.46. The first-order valence-electron chi connectivity index (χ1n) is 24.0. The van der Waals surface area contributed by atoms with Gasteiger partial charge in [0.2, 0.25) is 0 Å². The number of anilines is 3. The average molecular weight is 762 g/mol. The second-order valence-corrected chi connectivity index (χ2v) is 15.8.